The fourth-order valence-electron chi connectivity index (χ4n) is 2.30. The van der Waals surface area contributed by atoms with Gasteiger partial charge in [-0.15, -0.1) is 0 Å². The Hall–Kier alpha value is -2.71. The molecule has 1 amide bonds. The van der Waals surface area contributed by atoms with Crippen LogP contribution in [0, 0.1) is 5.82 Å². The highest BCUT2D eigenvalue weighted by molar-refractivity contribution is 6.33. The van der Waals surface area contributed by atoms with Crippen LogP contribution in [0.5, 0.6) is 0 Å². The van der Waals surface area contributed by atoms with Gasteiger partial charge in [0.15, 0.2) is 5.82 Å². The van der Waals surface area contributed by atoms with Crippen LogP contribution in [0.25, 0.3) is 11.3 Å². The number of benzene rings is 1. The lowest BCUT2D eigenvalue weighted by atomic mass is 10.1. The summed E-state index contributed by atoms with van der Waals surface area (Å²) in [6.07, 6.45) is -2.63. The summed E-state index contributed by atoms with van der Waals surface area (Å²) in [6.45, 7) is 0. The van der Waals surface area contributed by atoms with E-state index in [1.807, 2.05) is 0 Å². The molecule has 1 N–H and O–H groups in total. The van der Waals surface area contributed by atoms with Crippen LogP contribution in [-0.4, -0.2) is 15.9 Å². The molecule has 3 rings (SSSR count). The summed E-state index contributed by atoms with van der Waals surface area (Å²) in [4.78, 5) is 19.8. The molecule has 2 heterocycles. The molecule has 0 aliphatic heterocycles. The van der Waals surface area contributed by atoms with Gasteiger partial charge in [0, 0.05) is 18.0 Å². The van der Waals surface area contributed by atoms with E-state index in [4.69, 9.17) is 23.2 Å². The molecular formula is C18H9Cl2F4N3O. The summed E-state index contributed by atoms with van der Waals surface area (Å²) < 4.78 is 52.3. The first kappa shape index (κ1) is 20.0. The second kappa shape index (κ2) is 7.73. The lowest BCUT2D eigenvalue weighted by molar-refractivity contribution is -0.137. The van der Waals surface area contributed by atoms with Crippen molar-refractivity contribution in [2.45, 2.75) is 6.18 Å². The summed E-state index contributed by atoms with van der Waals surface area (Å²) >= 11 is 11.8. The van der Waals surface area contributed by atoms with Gasteiger partial charge in [-0.3, -0.25) is 9.78 Å². The first-order valence-corrected chi connectivity index (χ1v) is 8.37. The Bertz CT molecular complexity index is 1060. The van der Waals surface area contributed by atoms with Crippen LogP contribution in [0.15, 0.2) is 48.8 Å². The highest BCUT2D eigenvalue weighted by atomic mass is 35.5. The molecule has 0 saturated heterocycles. The van der Waals surface area contributed by atoms with Crippen LogP contribution in [0.1, 0.15) is 15.9 Å². The predicted octanol–water partition coefficient (Wildman–Crippen LogP) is 5.86. The Morgan fingerprint density at radius 3 is 2.39 bits per heavy atom. The number of carbonyl (C=O) groups is 1. The Labute approximate surface area is 166 Å². The minimum Gasteiger partial charge on any atom is -0.305 e. The second-order valence-corrected chi connectivity index (χ2v) is 6.35. The van der Waals surface area contributed by atoms with E-state index < -0.39 is 28.5 Å². The zero-order chi connectivity index (χ0) is 20.5. The maximum Gasteiger partial charge on any atom is 0.417 e. The molecule has 4 nitrogen and oxygen atoms in total. The van der Waals surface area contributed by atoms with Gasteiger partial charge in [-0.25, -0.2) is 9.37 Å². The molecule has 0 saturated carbocycles. The van der Waals surface area contributed by atoms with Crippen molar-refractivity contribution in [1.82, 2.24) is 9.97 Å². The van der Waals surface area contributed by atoms with Crippen LogP contribution < -0.4 is 5.32 Å². The summed E-state index contributed by atoms with van der Waals surface area (Å²) in [5.41, 5.74) is -0.736. The van der Waals surface area contributed by atoms with Gasteiger partial charge in [-0.05, 0) is 30.3 Å². The highest BCUT2D eigenvalue weighted by Crippen LogP contribution is 2.32. The molecule has 0 spiro atoms. The third kappa shape index (κ3) is 4.23. The molecule has 0 unspecified atom stereocenters. The zero-order valence-electron chi connectivity index (χ0n) is 13.7. The molecule has 0 fully saturated rings. The number of pyridine rings is 2. The van der Waals surface area contributed by atoms with Crippen LogP contribution >= 0.6 is 23.2 Å². The number of aromatic nitrogens is 2. The number of anilines is 1. The second-order valence-electron chi connectivity index (χ2n) is 5.53. The average molecular weight is 430 g/mol. The van der Waals surface area contributed by atoms with E-state index in [1.54, 1.807) is 12.1 Å². The van der Waals surface area contributed by atoms with Gasteiger partial charge in [0.1, 0.15) is 5.82 Å². The fourth-order valence-corrected chi connectivity index (χ4v) is 2.75. The summed E-state index contributed by atoms with van der Waals surface area (Å²) in [5.74, 6) is -2.12. The van der Waals surface area contributed by atoms with Crippen molar-refractivity contribution >= 4 is 34.9 Å². The minimum absolute atomic E-state index is 0.305. The summed E-state index contributed by atoms with van der Waals surface area (Å²) in [5, 5.41) is 2.06. The Morgan fingerprint density at radius 2 is 1.79 bits per heavy atom. The molecule has 28 heavy (non-hydrogen) atoms. The van der Waals surface area contributed by atoms with E-state index in [0.717, 1.165) is 6.07 Å². The normalized spacial score (nSPS) is 11.4. The molecule has 1 aromatic carbocycles. The summed E-state index contributed by atoms with van der Waals surface area (Å²) in [7, 11) is 0. The van der Waals surface area contributed by atoms with Gasteiger partial charge < -0.3 is 5.32 Å². The van der Waals surface area contributed by atoms with E-state index >= 15 is 0 Å². The van der Waals surface area contributed by atoms with E-state index in [9.17, 15) is 22.4 Å². The lowest BCUT2D eigenvalue weighted by Crippen LogP contribution is -2.16. The van der Waals surface area contributed by atoms with Crippen LogP contribution in [0.2, 0.25) is 10.0 Å². The molecule has 3 aromatic rings. The van der Waals surface area contributed by atoms with Crippen molar-refractivity contribution in [3.8, 4) is 11.3 Å². The first-order chi connectivity index (χ1) is 13.2. The number of amides is 1. The number of nitrogens with zero attached hydrogens (tertiary/aromatic N) is 2. The topological polar surface area (TPSA) is 54.9 Å². The molecule has 0 bridgehead atoms. The van der Waals surface area contributed by atoms with Crippen molar-refractivity contribution in [3.63, 3.8) is 0 Å². The van der Waals surface area contributed by atoms with Gasteiger partial charge in [0.05, 0.1) is 26.9 Å². The quantitative estimate of drug-likeness (QED) is 0.530. The number of hydrogen-bond acceptors (Lipinski definition) is 3. The number of rotatable bonds is 3. The van der Waals surface area contributed by atoms with Crippen molar-refractivity contribution in [3.05, 3.63) is 75.8 Å². The third-order valence-corrected chi connectivity index (χ3v) is 4.24. The highest BCUT2D eigenvalue weighted by Gasteiger charge is 2.31. The van der Waals surface area contributed by atoms with Gasteiger partial charge in [0.2, 0.25) is 0 Å². The maximum absolute atomic E-state index is 14.4. The molecule has 0 radical (unpaired) electrons. The van der Waals surface area contributed by atoms with E-state index in [0.29, 0.717) is 28.5 Å². The predicted molar refractivity (Wildman–Crippen MR) is 96.8 cm³/mol. The number of carbonyl (C=O) groups excluding carboxylic acids is 1. The monoisotopic (exact) mass is 429 g/mol. The minimum atomic E-state index is -4.63. The molecule has 144 valence electrons. The molecule has 2 aromatic heterocycles. The molecule has 0 aliphatic rings. The Balaban J connectivity index is 1.85. The zero-order valence-corrected chi connectivity index (χ0v) is 15.2. The molecule has 0 aliphatic carbocycles. The number of hydrogen-bond donors (Lipinski definition) is 1. The number of nitrogens with one attached hydrogen (secondary N) is 1. The van der Waals surface area contributed by atoms with Gasteiger partial charge in [-0.1, -0.05) is 29.3 Å². The lowest BCUT2D eigenvalue weighted by Gasteiger charge is -2.11. The largest absolute Gasteiger partial charge is 0.417 e. The van der Waals surface area contributed by atoms with Gasteiger partial charge >= 0.3 is 6.18 Å². The van der Waals surface area contributed by atoms with Crippen molar-refractivity contribution < 1.29 is 22.4 Å². The molecule has 0 atom stereocenters. The van der Waals surface area contributed by atoms with Gasteiger partial charge in [0.25, 0.3) is 5.91 Å². The maximum atomic E-state index is 14.4. The standard InChI is InChI=1S/C18H9Cl2F4N3O/c19-12-2-1-5-25-15(12)9-3-4-11(14(21)6-9)17(28)27-16-13(20)7-10(8-26-16)18(22,23)24/h1-8H,(H,26,27,28). The van der Waals surface area contributed by atoms with Crippen LogP contribution in [0.4, 0.5) is 23.4 Å². The van der Waals surface area contributed by atoms with Crippen molar-refractivity contribution in [1.29, 1.82) is 0 Å². The fraction of sp³-hybridized carbons (Fsp3) is 0.0556. The van der Waals surface area contributed by atoms with Crippen molar-refractivity contribution in [2.24, 2.45) is 0 Å². The van der Waals surface area contributed by atoms with Crippen molar-refractivity contribution in [2.75, 3.05) is 5.32 Å². The van der Waals surface area contributed by atoms with E-state index in [-0.39, 0.29) is 11.4 Å². The first-order valence-electron chi connectivity index (χ1n) is 7.61. The molecule has 10 heteroatoms. The number of alkyl halides is 3. The van der Waals surface area contributed by atoms with Gasteiger partial charge in [-0.2, -0.15) is 13.2 Å². The average Bonchev–Trinajstić information content (AvgIpc) is 2.62. The molecular weight excluding hydrogens is 421 g/mol. The SMILES string of the molecule is O=C(Nc1ncc(C(F)(F)F)cc1Cl)c1ccc(-c2ncccc2Cl)cc1F. The van der Waals surface area contributed by atoms with E-state index in [2.05, 4.69) is 15.3 Å². The van der Waals surface area contributed by atoms with Crippen LogP contribution in [0.3, 0.4) is 0 Å². The smallest absolute Gasteiger partial charge is 0.305 e. The summed E-state index contributed by atoms with van der Waals surface area (Å²) in [6, 6.07) is 7.53. The van der Waals surface area contributed by atoms with E-state index in [1.165, 1.54) is 18.3 Å². The number of halogens is 6. The Morgan fingerprint density at radius 1 is 1.04 bits per heavy atom. The van der Waals surface area contributed by atoms with Crippen LogP contribution in [-0.2, 0) is 6.18 Å². The third-order valence-electron chi connectivity index (χ3n) is 3.65. The Kier molecular flexibility index (Phi) is 5.53.